The van der Waals surface area contributed by atoms with Crippen LogP contribution in [0.2, 0.25) is 0 Å². The van der Waals surface area contributed by atoms with Crippen molar-refractivity contribution in [2.24, 2.45) is 16.9 Å². The number of rotatable bonds is 2. The van der Waals surface area contributed by atoms with Gasteiger partial charge in [-0.25, -0.2) is 0 Å². The largest absolute Gasteiger partial charge is 0.326 e. The minimum Gasteiger partial charge on any atom is -0.326 e. The normalized spacial score (nSPS) is 16.4. The number of benzene rings is 1. The number of hydrogen-bond donors (Lipinski definition) is 2. The zero-order chi connectivity index (χ0) is 10.8. The van der Waals surface area contributed by atoms with E-state index in [0.717, 1.165) is 5.56 Å². The molecule has 0 spiro atoms. The maximum atomic E-state index is 6.10. The molecular weight excluding hydrogens is 172 g/mol. The van der Waals surface area contributed by atoms with Gasteiger partial charge in [-0.3, -0.25) is 0 Å². The molecule has 0 saturated carbocycles. The smallest absolute Gasteiger partial charge is 0.0453 e. The van der Waals surface area contributed by atoms with Crippen LogP contribution in [0.3, 0.4) is 0 Å². The summed E-state index contributed by atoms with van der Waals surface area (Å²) in [6, 6.07) is 9.90. The molecule has 1 aromatic carbocycles. The summed E-state index contributed by atoms with van der Waals surface area (Å²) >= 11 is 0. The third-order valence-corrected chi connectivity index (χ3v) is 2.57. The van der Waals surface area contributed by atoms with Crippen LogP contribution in [0.25, 0.3) is 0 Å². The van der Waals surface area contributed by atoms with Crippen molar-refractivity contribution < 1.29 is 0 Å². The molecule has 78 valence electrons. The van der Waals surface area contributed by atoms with Crippen molar-refractivity contribution in [2.45, 2.75) is 32.9 Å². The lowest BCUT2D eigenvalue weighted by molar-refractivity contribution is 0.282. The van der Waals surface area contributed by atoms with Crippen LogP contribution in [0, 0.1) is 5.41 Å². The van der Waals surface area contributed by atoms with Crippen LogP contribution in [-0.4, -0.2) is 6.04 Å². The molecule has 0 aromatic heterocycles. The Morgan fingerprint density at radius 3 is 1.93 bits per heavy atom. The highest BCUT2D eigenvalue weighted by Crippen LogP contribution is 2.26. The second-order valence-electron chi connectivity index (χ2n) is 4.83. The molecule has 2 atom stereocenters. The molecule has 1 aromatic rings. The standard InChI is InChI=1S/C12H20N2/c1-12(2,3)11(14)10(13)9-7-5-4-6-8-9/h4-8,10-11H,13-14H2,1-3H3/t10-,11+/m1/s1. The van der Waals surface area contributed by atoms with Gasteiger partial charge in [0.2, 0.25) is 0 Å². The molecule has 0 amide bonds. The van der Waals surface area contributed by atoms with Gasteiger partial charge < -0.3 is 11.5 Å². The molecule has 4 N–H and O–H groups in total. The van der Waals surface area contributed by atoms with Gasteiger partial charge in [-0.1, -0.05) is 51.1 Å². The monoisotopic (exact) mass is 192 g/mol. The van der Waals surface area contributed by atoms with E-state index in [2.05, 4.69) is 20.8 Å². The average Bonchev–Trinajstić information content (AvgIpc) is 2.15. The molecule has 1 rings (SSSR count). The summed E-state index contributed by atoms with van der Waals surface area (Å²) in [6.07, 6.45) is 0. The van der Waals surface area contributed by atoms with Gasteiger partial charge in [-0.15, -0.1) is 0 Å². The lowest BCUT2D eigenvalue weighted by atomic mass is 9.81. The second-order valence-corrected chi connectivity index (χ2v) is 4.83. The lowest BCUT2D eigenvalue weighted by Gasteiger charge is -2.32. The Labute approximate surface area is 86.3 Å². The van der Waals surface area contributed by atoms with Crippen LogP contribution >= 0.6 is 0 Å². The van der Waals surface area contributed by atoms with Crippen LogP contribution in [0.4, 0.5) is 0 Å². The van der Waals surface area contributed by atoms with Gasteiger partial charge in [0.15, 0.2) is 0 Å². The molecule has 0 aliphatic carbocycles. The maximum Gasteiger partial charge on any atom is 0.0453 e. The van der Waals surface area contributed by atoms with Gasteiger partial charge in [-0.2, -0.15) is 0 Å². The highest BCUT2D eigenvalue weighted by Gasteiger charge is 2.27. The fourth-order valence-corrected chi connectivity index (χ4v) is 1.42. The van der Waals surface area contributed by atoms with E-state index < -0.39 is 0 Å². The summed E-state index contributed by atoms with van der Waals surface area (Å²) in [7, 11) is 0. The molecule has 0 heterocycles. The van der Waals surface area contributed by atoms with Crippen molar-refractivity contribution in [3.8, 4) is 0 Å². The van der Waals surface area contributed by atoms with E-state index in [1.807, 2.05) is 30.3 Å². The van der Waals surface area contributed by atoms with E-state index in [1.165, 1.54) is 0 Å². The molecule has 0 aliphatic rings. The highest BCUT2D eigenvalue weighted by atomic mass is 14.8. The Morgan fingerprint density at radius 2 is 1.50 bits per heavy atom. The van der Waals surface area contributed by atoms with Crippen LogP contribution < -0.4 is 11.5 Å². The molecule has 0 bridgehead atoms. The average molecular weight is 192 g/mol. The summed E-state index contributed by atoms with van der Waals surface area (Å²) < 4.78 is 0. The Kier molecular flexibility index (Phi) is 3.29. The third-order valence-electron chi connectivity index (χ3n) is 2.57. The van der Waals surface area contributed by atoms with Gasteiger partial charge in [0.1, 0.15) is 0 Å². The first-order valence-corrected chi connectivity index (χ1v) is 4.99. The SMILES string of the molecule is CC(C)(C)[C@@H](N)[C@H](N)c1ccccc1. The molecule has 0 saturated heterocycles. The quantitative estimate of drug-likeness (QED) is 0.753. The Morgan fingerprint density at radius 1 is 1.00 bits per heavy atom. The zero-order valence-corrected chi connectivity index (χ0v) is 9.20. The summed E-state index contributed by atoms with van der Waals surface area (Å²) in [5.41, 5.74) is 13.3. The number of hydrogen-bond acceptors (Lipinski definition) is 2. The molecule has 0 unspecified atom stereocenters. The van der Waals surface area contributed by atoms with Crippen LogP contribution in [0.1, 0.15) is 32.4 Å². The lowest BCUT2D eigenvalue weighted by Crippen LogP contribution is -2.44. The minimum absolute atomic E-state index is 0.0232. The van der Waals surface area contributed by atoms with E-state index in [4.69, 9.17) is 11.5 Å². The molecule has 0 radical (unpaired) electrons. The number of nitrogens with two attached hydrogens (primary N) is 2. The molecule has 0 fully saturated rings. The molecule has 2 nitrogen and oxygen atoms in total. The molecule has 0 aliphatic heterocycles. The first-order chi connectivity index (χ1) is 6.43. The van der Waals surface area contributed by atoms with Crippen molar-refractivity contribution in [3.05, 3.63) is 35.9 Å². The second kappa shape index (κ2) is 4.11. The van der Waals surface area contributed by atoms with Gasteiger partial charge in [0.25, 0.3) is 0 Å². The molecular formula is C12H20N2. The third kappa shape index (κ3) is 2.56. The fourth-order valence-electron chi connectivity index (χ4n) is 1.42. The van der Waals surface area contributed by atoms with Crippen molar-refractivity contribution in [2.75, 3.05) is 0 Å². The van der Waals surface area contributed by atoms with Crippen molar-refractivity contribution in [1.29, 1.82) is 0 Å². The fraction of sp³-hybridized carbons (Fsp3) is 0.500. The van der Waals surface area contributed by atoms with Gasteiger partial charge >= 0.3 is 0 Å². The highest BCUT2D eigenvalue weighted by molar-refractivity contribution is 5.20. The van der Waals surface area contributed by atoms with E-state index in [0.29, 0.717) is 0 Å². The molecule has 2 heteroatoms. The summed E-state index contributed by atoms with van der Waals surface area (Å²) in [6.45, 7) is 6.33. The zero-order valence-electron chi connectivity index (χ0n) is 9.20. The predicted octanol–water partition coefficient (Wildman–Crippen LogP) is 2.06. The van der Waals surface area contributed by atoms with E-state index in [-0.39, 0.29) is 17.5 Å². The first kappa shape index (κ1) is 11.2. The van der Waals surface area contributed by atoms with E-state index in [1.54, 1.807) is 0 Å². The summed E-state index contributed by atoms with van der Waals surface area (Å²) in [5.74, 6) is 0. The topological polar surface area (TPSA) is 52.0 Å². The van der Waals surface area contributed by atoms with Crippen molar-refractivity contribution in [3.63, 3.8) is 0 Å². The Bertz CT molecular complexity index is 274. The molecule has 14 heavy (non-hydrogen) atoms. The van der Waals surface area contributed by atoms with E-state index >= 15 is 0 Å². The predicted molar refractivity (Wildman–Crippen MR) is 60.8 cm³/mol. The van der Waals surface area contributed by atoms with Crippen molar-refractivity contribution >= 4 is 0 Å². The van der Waals surface area contributed by atoms with Crippen molar-refractivity contribution in [1.82, 2.24) is 0 Å². The minimum atomic E-state index is -0.0869. The van der Waals surface area contributed by atoms with Gasteiger partial charge in [-0.05, 0) is 11.0 Å². The van der Waals surface area contributed by atoms with Gasteiger partial charge in [0.05, 0.1) is 0 Å². The summed E-state index contributed by atoms with van der Waals surface area (Å²) in [4.78, 5) is 0. The van der Waals surface area contributed by atoms with E-state index in [9.17, 15) is 0 Å². The first-order valence-electron chi connectivity index (χ1n) is 4.99. The summed E-state index contributed by atoms with van der Waals surface area (Å²) in [5, 5.41) is 0. The van der Waals surface area contributed by atoms with Crippen LogP contribution in [0.15, 0.2) is 30.3 Å². The Hall–Kier alpha value is -0.860. The van der Waals surface area contributed by atoms with Gasteiger partial charge in [0, 0.05) is 12.1 Å². The Balaban J connectivity index is 2.81. The van der Waals surface area contributed by atoms with Crippen LogP contribution in [-0.2, 0) is 0 Å². The van der Waals surface area contributed by atoms with Crippen LogP contribution in [0.5, 0.6) is 0 Å². The maximum absolute atomic E-state index is 6.10.